The van der Waals surface area contributed by atoms with Crippen LogP contribution in [0.15, 0.2) is 5.38 Å². The highest BCUT2D eigenvalue weighted by Gasteiger charge is 2.16. The fraction of sp³-hybridized carbons (Fsp3) is 0.538. The van der Waals surface area contributed by atoms with Gasteiger partial charge in [0.25, 0.3) is 5.91 Å². The minimum absolute atomic E-state index is 0. The normalized spacial score (nSPS) is 13.3. The Morgan fingerprint density at radius 3 is 2.87 bits per heavy atom. The van der Waals surface area contributed by atoms with E-state index in [1.165, 1.54) is 17.8 Å². The summed E-state index contributed by atoms with van der Waals surface area (Å²) in [5.41, 5.74) is 5.91. The number of amides is 1. The number of halogens is 2. The van der Waals surface area contributed by atoms with E-state index < -0.39 is 0 Å². The Hall–Kier alpha value is -1.22. The van der Waals surface area contributed by atoms with E-state index in [0.29, 0.717) is 18.8 Å². The van der Waals surface area contributed by atoms with Gasteiger partial charge in [-0.05, 0) is 12.8 Å². The number of rotatable bonds is 4. The molecule has 3 heterocycles. The van der Waals surface area contributed by atoms with Crippen LogP contribution in [0.4, 0.5) is 0 Å². The van der Waals surface area contributed by atoms with E-state index in [9.17, 15) is 4.79 Å². The molecule has 0 unspecified atom stereocenters. The number of nitrogens with one attached hydrogen (secondary N) is 1. The van der Waals surface area contributed by atoms with E-state index in [1.807, 2.05) is 0 Å². The number of carbonyl (C=O) groups is 1. The molecule has 0 radical (unpaired) electrons. The topological polar surface area (TPSA) is 98.7 Å². The molecule has 0 aliphatic carbocycles. The molecule has 128 valence electrons. The summed E-state index contributed by atoms with van der Waals surface area (Å²) in [4.78, 5) is 16.2. The third-order valence-electron chi connectivity index (χ3n) is 3.55. The molecular weight excluding hydrogens is 359 g/mol. The summed E-state index contributed by atoms with van der Waals surface area (Å²) in [7, 11) is 0. The van der Waals surface area contributed by atoms with Crippen LogP contribution in [0.5, 0.6) is 0 Å². The van der Waals surface area contributed by atoms with Gasteiger partial charge in [0.05, 0.1) is 6.54 Å². The molecule has 3 rings (SSSR count). The third kappa shape index (κ3) is 4.63. The molecule has 2 aromatic heterocycles. The molecule has 0 atom stereocenters. The second-order valence-corrected chi connectivity index (χ2v) is 5.95. The minimum Gasteiger partial charge on any atom is -0.343 e. The Bertz CT molecular complexity index is 644. The summed E-state index contributed by atoms with van der Waals surface area (Å²) in [5.74, 6) is 1.64. The minimum atomic E-state index is -0.197. The predicted octanol–water partition coefficient (Wildman–Crippen LogP) is 1.69. The number of carbonyl (C=O) groups excluding carboxylic acids is 1. The molecule has 0 bridgehead atoms. The van der Waals surface area contributed by atoms with Crippen molar-refractivity contribution in [2.75, 3.05) is 0 Å². The van der Waals surface area contributed by atoms with E-state index in [4.69, 9.17) is 5.73 Å². The quantitative estimate of drug-likeness (QED) is 0.843. The SMILES string of the molecule is Cl.Cl.NCc1nc(C(=O)NCc2nnc3n2CCCCC3)cs1. The monoisotopic (exact) mass is 378 g/mol. The first-order valence-electron chi connectivity index (χ1n) is 7.11. The van der Waals surface area contributed by atoms with Gasteiger partial charge >= 0.3 is 0 Å². The summed E-state index contributed by atoms with van der Waals surface area (Å²) < 4.78 is 2.12. The molecule has 1 aliphatic heterocycles. The second-order valence-electron chi connectivity index (χ2n) is 5.01. The van der Waals surface area contributed by atoms with Gasteiger partial charge in [-0.1, -0.05) is 6.42 Å². The molecule has 23 heavy (non-hydrogen) atoms. The Morgan fingerprint density at radius 1 is 1.30 bits per heavy atom. The average Bonchev–Trinajstić information content (AvgIpc) is 3.06. The molecule has 7 nitrogen and oxygen atoms in total. The smallest absolute Gasteiger partial charge is 0.271 e. The lowest BCUT2D eigenvalue weighted by molar-refractivity contribution is 0.0945. The standard InChI is InChI=1S/C13H18N6OS.2ClH/c14-6-12-16-9(8-21-12)13(20)15-7-11-18-17-10-4-2-1-3-5-19(10)11;;/h8H,1-7,14H2,(H,15,20);2*1H. The van der Waals surface area contributed by atoms with Crippen LogP contribution in [-0.4, -0.2) is 25.7 Å². The summed E-state index contributed by atoms with van der Waals surface area (Å²) in [6, 6.07) is 0. The Balaban J connectivity index is 0.00000132. The van der Waals surface area contributed by atoms with Crippen LogP contribution in [0.3, 0.4) is 0 Å². The molecule has 0 aromatic carbocycles. The molecule has 1 amide bonds. The highest BCUT2D eigenvalue weighted by atomic mass is 35.5. The lowest BCUT2D eigenvalue weighted by Gasteiger charge is -2.07. The molecule has 0 fully saturated rings. The van der Waals surface area contributed by atoms with Crippen molar-refractivity contribution >= 4 is 42.1 Å². The van der Waals surface area contributed by atoms with Crippen molar-refractivity contribution in [3.05, 3.63) is 27.7 Å². The predicted molar refractivity (Wildman–Crippen MR) is 93.2 cm³/mol. The largest absolute Gasteiger partial charge is 0.343 e. The lowest BCUT2D eigenvalue weighted by Crippen LogP contribution is -2.25. The molecular formula is C13H20Cl2N6OS. The van der Waals surface area contributed by atoms with Gasteiger partial charge in [-0.2, -0.15) is 0 Å². The average molecular weight is 379 g/mol. The highest BCUT2D eigenvalue weighted by Crippen LogP contribution is 2.14. The highest BCUT2D eigenvalue weighted by molar-refractivity contribution is 7.09. The Labute approximate surface area is 150 Å². The number of aryl methyl sites for hydroxylation is 1. The zero-order chi connectivity index (χ0) is 14.7. The van der Waals surface area contributed by atoms with E-state index in [2.05, 4.69) is 25.1 Å². The van der Waals surface area contributed by atoms with E-state index in [0.717, 1.165) is 42.5 Å². The molecule has 0 saturated heterocycles. The number of hydrogen-bond acceptors (Lipinski definition) is 6. The fourth-order valence-corrected chi connectivity index (χ4v) is 3.09. The van der Waals surface area contributed by atoms with Crippen LogP contribution in [-0.2, 0) is 26.1 Å². The van der Waals surface area contributed by atoms with Gasteiger partial charge < -0.3 is 15.6 Å². The van der Waals surface area contributed by atoms with Crippen LogP contribution in [0.1, 0.15) is 46.4 Å². The number of hydrogen-bond donors (Lipinski definition) is 2. The van der Waals surface area contributed by atoms with Gasteiger partial charge in [0.2, 0.25) is 0 Å². The maximum Gasteiger partial charge on any atom is 0.271 e. The van der Waals surface area contributed by atoms with E-state index >= 15 is 0 Å². The van der Waals surface area contributed by atoms with E-state index in [-0.39, 0.29) is 30.7 Å². The maximum atomic E-state index is 12.0. The number of fused-ring (bicyclic) bond motifs is 1. The summed E-state index contributed by atoms with van der Waals surface area (Å²) in [6.07, 6.45) is 4.48. The van der Waals surface area contributed by atoms with Crippen LogP contribution in [0, 0.1) is 0 Å². The molecule has 10 heteroatoms. The first-order valence-corrected chi connectivity index (χ1v) is 7.99. The summed E-state index contributed by atoms with van der Waals surface area (Å²) in [5, 5.41) is 13.7. The Morgan fingerprint density at radius 2 is 2.13 bits per heavy atom. The lowest BCUT2D eigenvalue weighted by atomic mass is 10.2. The van der Waals surface area contributed by atoms with Crippen LogP contribution in [0.2, 0.25) is 0 Å². The zero-order valence-corrected chi connectivity index (χ0v) is 15.0. The van der Waals surface area contributed by atoms with Crippen molar-refractivity contribution in [1.29, 1.82) is 0 Å². The van der Waals surface area contributed by atoms with Crippen LogP contribution >= 0.6 is 36.2 Å². The van der Waals surface area contributed by atoms with Crippen molar-refractivity contribution in [2.45, 2.75) is 45.3 Å². The molecule has 2 aromatic rings. The van der Waals surface area contributed by atoms with Gasteiger partial charge in [0, 0.05) is 24.9 Å². The maximum absolute atomic E-state index is 12.0. The number of nitrogens with two attached hydrogens (primary N) is 1. The summed E-state index contributed by atoms with van der Waals surface area (Å²) in [6.45, 7) is 1.67. The van der Waals surface area contributed by atoms with Gasteiger partial charge in [0.1, 0.15) is 16.5 Å². The van der Waals surface area contributed by atoms with Gasteiger partial charge in [0.15, 0.2) is 5.82 Å². The molecule has 1 aliphatic rings. The number of aromatic nitrogens is 4. The van der Waals surface area contributed by atoms with Gasteiger partial charge in [-0.3, -0.25) is 4.79 Å². The summed E-state index contributed by atoms with van der Waals surface area (Å²) >= 11 is 1.40. The first kappa shape index (κ1) is 19.8. The third-order valence-corrected chi connectivity index (χ3v) is 4.42. The Kier molecular flexibility index (Phi) is 7.90. The van der Waals surface area contributed by atoms with Crippen molar-refractivity contribution in [2.24, 2.45) is 5.73 Å². The molecule has 0 spiro atoms. The van der Waals surface area contributed by atoms with Crippen LogP contribution in [0.25, 0.3) is 0 Å². The van der Waals surface area contributed by atoms with E-state index in [1.54, 1.807) is 5.38 Å². The fourth-order valence-electron chi connectivity index (χ4n) is 2.43. The van der Waals surface area contributed by atoms with Crippen molar-refractivity contribution in [3.63, 3.8) is 0 Å². The van der Waals surface area contributed by atoms with Crippen molar-refractivity contribution in [1.82, 2.24) is 25.1 Å². The van der Waals surface area contributed by atoms with Crippen LogP contribution < -0.4 is 11.1 Å². The van der Waals surface area contributed by atoms with Gasteiger partial charge in [-0.15, -0.1) is 46.3 Å². The van der Waals surface area contributed by atoms with Crippen molar-refractivity contribution in [3.8, 4) is 0 Å². The van der Waals surface area contributed by atoms with Gasteiger partial charge in [-0.25, -0.2) is 4.98 Å². The molecule has 3 N–H and O–H groups in total. The second kappa shape index (κ2) is 9.17. The number of nitrogens with zero attached hydrogens (tertiary/aromatic N) is 4. The van der Waals surface area contributed by atoms with Crippen molar-refractivity contribution < 1.29 is 4.79 Å². The number of thiazole rings is 1. The zero-order valence-electron chi connectivity index (χ0n) is 12.5. The molecule has 0 saturated carbocycles. The first-order chi connectivity index (χ1) is 10.3.